The highest BCUT2D eigenvalue weighted by atomic mass is 79.9. The van der Waals surface area contributed by atoms with Gasteiger partial charge in [-0.3, -0.25) is 4.79 Å². The van der Waals surface area contributed by atoms with Crippen molar-refractivity contribution in [1.82, 2.24) is 9.78 Å². The largest absolute Gasteiger partial charge is 0.383 e. The molecule has 8 heteroatoms. The number of hydrogen-bond acceptors (Lipinski definition) is 4. The Hall–Kier alpha value is -1.41. The molecule has 1 aromatic carbocycles. The average Bonchev–Trinajstić information content (AvgIpc) is 2.86. The van der Waals surface area contributed by atoms with Crippen LogP contribution in [0.25, 0.3) is 0 Å². The Morgan fingerprint density at radius 3 is 2.95 bits per heavy atom. The highest BCUT2D eigenvalue weighted by Gasteiger charge is 2.15. The zero-order valence-corrected chi connectivity index (χ0v) is 14.4. The van der Waals surface area contributed by atoms with Gasteiger partial charge in [0.25, 0.3) is 0 Å². The molecule has 1 unspecified atom stereocenters. The molecule has 0 saturated heterocycles. The minimum atomic E-state index is -0.704. The molecular weight excluding hydrogens is 372 g/mol. The van der Waals surface area contributed by atoms with E-state index in [1.165, 1.54) is 7.11 Å². The van der Waals surface area contributed by atoms with Crippen molar-refractivity contribution in [3.05, 3.63) is 46.6 Å². The van der Waals surface area contributed by atoms with Crippen LogP contribution in [0, 0.1) is 0 Å². The van der Waals surface area contributed by atoms with Crippen LogP contribution in [0.15, 0.2) is 41.0 Å². The molecule has 0 saturated carbocycles. The molecule has 2 aromatic rings. The van der Waals surface area contributed by atoms with E-state index in [1.54, 1.807) is 16.9 Å². The van der Waals surface area contributed by atoms with Crippen LogP contribution in [0.1, 0.15) is 5.56 Å². The Morgan fingerprint density at radius 2 is 2.27 bits per heavy atom. The number of methoxy groups -OCH3 is 1. The van der Waals surface area contributed by atoms with E-state index in [4.69, 9.17) is 10.5 Å². The third kappa shape index (κ3) is 5.10. The van der Waals surface area contributed by atoms with E-state index >= 15 is 0 Å². The van der Waals surface area contributed by atoms with Crippen molar-refractivity contribution < 1.29 is 9.53 Å². The number of aromatic nitrogens is 2. The third-order valence-electron chi connectivity index (χ3n) is 2.87. The van der Waals surface area contributed by atoms with E-state index in [0.29, 0.717) is 12.4 Å². The smallest absolute Gasteiger partial charge is 0.244 e. The Bertz CT molecular complexity index is 620. The lowest BCUT2D eigenvalue weighted by atomic mass is 10.2. The number of anilines is 1. The van der Waals surface area contributed by atoms with Crippen LogP contribution >= 0.6 is 28.3 Å². The van der Waals surface area contributed by atoms with Gasteiger partial charge in [-0.25, -0.2) is 4.68 Å². The van der Waals surface area contributed by atoms with Gasteiger partial charge in [0.15, 0.2) is 0 Å². The number of halogens is 2. The van der Waals surface area contributed by atoms with Gasteiger partial charge >= 0.3 is 0 Å². The maximum atomic E-state index is 11.9. The van der Waals surface area contributed by atoms with Crippen molar-refractivity contribution in [1.29, 1.82) is 0 Å². The summed E-state index contributed by atoms with van der Waals surface area (Å²) in [7, 11) is 1.50. The predicted octanol–water partition coefficient (Wildman–Crippen LogP) is 2.03. The fourth-order valence-corrected chi connectivity index (χ4v) is 2.29. The van der Waals surface area contributed by atoms with Crippen LogP contribution in [0.4, 0.5) is 5.82 Å². The summed E-state index contributed by atoms with van der Waals surface area (Å²) in [5.74, 6) is 0.305. The quantitative estimate of drug-likeness (QED) is 0.792. The van der Waals surface area contributed by atoms with Gasteiger partial charge in [-0.05, 0) is 17.7 Å². The normalized spacial score (nSPS) is 11.6. The number of nitrogens with two attached hydrogens (primary N) is 1. The lowest BCUT2D eigenvalue weighted by Crippen LogP contribution is -2.39. The van der Waals surface area contributed by atoms with Crippen LogP contribution in [0.5, 0.6) is 0 Å². The van der Waals surface area contributed by atoms with Crippen molar-refractivity contribution in [3.63, 3.8) is 0 Å². The first-order valence-electron chi connectivity index (χ1n) is 6.42. The maximum absolute atomic E-state index is 11.9. The Morgan fingerprint density at radius 1 is 1.50 bits per heavy atom. The molecule has 120 valence electrons. The molecule has 0 spiro atoms. The molecule has 1 aromatic heterocycles. The lowest BCUT2D eigenvalue weighted by Gasteiger charge is -2.13. The van der Waals surface area contributed by atoms with E-state index in [9.17, 15) is 4.79 Å². The summed E-state index contributed by atoms with van der Waals surface area (Å²) in [5.41, 5.74) is 6.77. The van der Waals surface area contributed by atoms with Crippen LogP contribution < -0.4 is 11.1 Å². The van der Waals surface area contributed by atoms with Gasteiger partial charge in [-0.15, -0.1) is 12.4 Å². The minimum absolute atomic E-state index is 0. The summed E-state index contributed by atoms with van der Waals surface area (Å²) in [6.07, 6.45) is 1.63. The molecule has 3 N–H and O–H groups in total. The van der Waals surface area contributed by atoms with E-state index in [-0.39, 0.29) is 24.9 Å². The van der Waals surface area contributed by atoms with Crippen molar-refractivity contribution >= 4 is 40.1 Å². The third-order valence-corrected chi connectivity index (χ3v) is 3.37. The van der Waals surface area contributed by atoms with E-state index < -0.39 is 6.04 Å². The van der Waals surface area contributed by atoms with Gasteiger partial charge < -0.3 is 15.8 Å². The maximum Gasteiger partial charge on any atom is 0.244 e. The molecule has 1 atom stereocenters. The van der Waals surface area contributed by atoms with Gasteiger partial charge in [0.1, 0.15) is 11.9 Å². The second-order valence-electron chi connectivity index (χ2n) is 4.56. The van der Waals surface area contributed by atoms with E-state index in [0.717, 1.165) is 10.0 Å². The van der Waals surface area contributed by atoms with Gasteiger partial charge in [-0.1, -0.05) is 28.1 Å². The fourth-order valence-electron chi connectivity index (χ4n) is 1.85. The van der Waals surface area contributed by atoms with Crippen LogP contribution in [-0.2, 0) is 16.1 Å². The molecule has 0 aliphatic carbocycles. The summed E-state index contributed by atoms with van der Waals surface area (Å²) in [4.78, 5) is 11.9. The highest BCUT2D eigenvalue weighted by Crippen LogP contribution is 2.15. The molecule has 1 heterocycles. The van der Waals surface area contributed by atoms with Gasteiger partial charge in [-0.2, -0.15) is 5.10 Å². The second kappa shape index (κ2) is 8.89. The lowest BCUT2D eigenvalue weighted by molar-refractivity contribution is -0.118. The number of amides is 1. The van der Waals surface area contributed by atoms with E-state index in [1.807, 2.05) is 24.3 Å². The van der Waals surface area contributed by atoms with Crippen LogP contribution in [-0.4, -0.2) is 35.4 Å². The number of benzene rings is 1. The number of nitrogens with zero attached hydrogens (tertiary/aromatic N) is 2. The summed E-state index contributed by atoms with van der Waals surface area (Å²) in [6.45, 7) is 0.729. The number of carbonyl (C=O) groups excluding carboxylic acids is 1. The number of carbonyl (C=O) groups is 1. The number of nitrogens with one attached hydrogen (secondary N) is 1. The Kier molecular flexibility index (Phi) is 7.53. The first-order valence-corrected chi connectivity index (χ1v) is 7.21. The second-order valence-corrected chi connectivity index (χ2v) is 5.47. The summed E-state index contributed by atoms with van der Waals surface area (Å²) in [5, 5.41) is 6.97. The van der Waals surface area contributed by atoms with Crippen molar-refractivity contribution in [2.45, 2.75) is 12.6 Å². The zero-order valence-electron chi connectivity index (χ0n) is 12.0. The van der Waals surface area contributed by atoms with Gasteiger partial charge in [0.2, 0.25) is 5.91 Å². The van der Waals surface area contributed by atoms with Crippen LogP contribution in [0.2, 0.25) is 0 Å². The van der Waals surface area contributed by atoms with Crippen molar-refractivity contribution in [3.8, 4) is 0 Å². The monoisotopic (exact) mass is 388 g/mol. The SMILES string of the molecule is COCC(N)C(=O)Nc1ccnn1Cc1cccc(Br)c1.Cl. The van der Waals surface area contributed by atoms with Crippen molar-refractivity contribution in [2.24, 2.45) is 5.73 Å². The topological polar surface area (TPSA) is 82.2 Å². The fraction of sp³-hybridized carbons (Fsp3) is 0.286. The molecule has 0 bridgehead atoms. The molecule has 2 rings (SSSR count). The molecule has 0 fully saturated rings. The Labute approximate surface area is 143 Å². The number of hydrogen-bond donors (Lipinski definition) is 2. The predicted molar refractivity (Wildman–Crippen MR) is 91.2 cm³/mol. The molecule has 0 aliphatic heterocycles. The van der Waals surface area contributed by atoms with Crippen LogP contribution in [0.3, 0.4) is 0 Å². The van der Waals surface area contributed by atoms with Gasteiger partial charge in [0, 0.05) is 17.6 Å². The first kappa shape index (κ1) is 18.6. The molecule has 6 nitrogen and oxygen atoms in total. The highest BCUT2D eigenvalue weighted by molar-refractivity contribution is 9.10. The Balaban J connectivity index is 0.00000242. The molecule has 0 radical (unpaired) electrons. The zero-order chi connectivity index (χ0) is 15.2. The van der Waals surface area contributed by atoms with Gasteiger partial charge in [0.05, 0.1) is 19.3 Å². The summed E-state index contributed by atoms with van der Waals surface area (Å²) >= 11 is 3.43. The van der Waals surface area contributed by atoms with Crippen molar-refractivity contribution in [2.75, 3.05) is 19.0 Å². The summed E-state index contributed by atoms with van der Waals surface area (Å²) < 4.78 is 7.58. The molecular formula is C14H18BrClN4O2. The summed E-state index contributed by atoms with van der Waals surface area (Å²) in [6, 6.07) is 8.94. The molecule has 22 heavy (non-hydrogen) atoms. The molecule has 1 amide bonds. The standard InChI is InChI=1S/C14H17BrN4O2.ClH/c1-21-9-12(16)14(20)18-13-5-6-17-19(13)8-10-3-2-4-11(15)7-10;/h2-7,12H,8-9,16H2,1H3,(H,18,20);1H. The number of ether oxygens (including phenoxy) is 1. The number of rotatable bonds is 6. The minimum Gasteiger partial charge on any atom is -0.383 e. The average molecular weight is 390 g/mol. The van der Waals surface area contributed by atoms with E-state index in [2.05, 4.69) is 26.3 Å². The first-order chi connectivity index (χ1) is 10.1. The molecule has 0 aliphatic rings.